The number of rotatable bonds is 3. The van der Waals surface area contributed by atoms with Crippen molar-refractivity contribution in [1.82, 2.24) is 5.23 Å². The van der Waals surface area contributed by atoms with Gasteiger partial charge in [0.1, 0.15) is 0 Å². The lowest BCUT2D eigenvalue weighted by atomic mass is 10.1. The van der Waals surface area contributed by atoms with Crippen LogP contribution in [0, 0.1) is 0 Å². The van der Waals surface area contributed by atoms with Gasteiger partial charge in [0.05, 0.1) is 5.56 Å². The summed E-state index contributed by atoms with van der Waals surface area (Å²) >= 11 is 0. The van der Waals surface area contributed by atoms with Gasteiger partial charge in [-0.25, -0.2) is 0 Å². The van der Waals surface area contributed by atoms with Crippen LogP contribution < -0.4 is 5.23 Å². The lowest BCUT2D eigenvalue weighted by Crippen LogP contribution is -2.17. The monoisotopic (exact) mass is 202 g/mol. The van der Waals surface area contributed by atoms with Gasteiger partial charge in [-0.3, -0.25) is 0 Å². The van der Waals surface area contributed by atoms with Crippen LogP contribution in [0.2, 0.25) is 0 Å². The van der Waals surface area contributed by atoms with Crippen LogP contribution >= 0.6 is 0 Å². The molecule has 0 saturated carbocycles. The lowest BCUT2D eigenvalue weighted by Gasteiger charge is -2.07. The molecule has 0 bridgehead atoms. The zero-order valence-corrected chi connectivity index (χ0v) is 7.17. The first-order chi connectivity index (χ1) is 6.54. The first kappa shape index (κ1) is 11.1. The molecule has 1 radical (unpaired) electrons. The molecule has 6 heteroatoms. The molecule has 75 valence electrons. The second-order valence-electron chi connectivity index (χ2n) is 2.70. The van der Waals surface area contributed by atoms with E-state index in [-0.39, 0.29) is 0 Å². The molecule has 1 rings (SSSR count). The highest BCUT2D eigenvalue weighted by atomic mass is 19.4. The SMILES string of the molecule is O[B]NCc1ccc(C(F)(F)F)cc1. The van der Waals surface area contributed by atoms with E-state index in [2.05, 4.69) is 5.23 Å². The van der Waals surface area contributed by atoms with Gasteiger partial charge in [-0.2, -0.15) is 13.2 Å². The predicted molar refractivity (Wildman–Crippen MR) is 46.3 cm³/mol. The van der Waals surface area contributed by atoms with Gasteiger partial charge in [-0.15, -0.1) is 0 Å². The van der Waals surface area contributed by atoms with Crippen LogP contribution in [0.3, 0.4) is 0 Å². The van der Waals surface area contributed by atoms with Crippen LogP contribution in [-0.2, 0) is 12.7 Å². The van der Waals surface area contributed by atoms with Crippen molar-refractivity contribution in [2.45, 2.75) is 12.7 Å². The summed E-state index contributed by atoms with van der Waals surface area (Å²) in [6, 6.07) is 4.74. The maximum Gasteiger partial charge on any atom is 0.416 e. The van der Waals surface area contributed by atoms with E-state index in [9.17, 15) is 13.2 Å². The highest BCUT2D eigenvalue weighted by Gasteiger charge is 2.29. The molecule has 0 aromatic heterocycles. The second kappa shape index (κ2) is 4.48. The Balaban J connectivity index is 2.69. The molecule has 0 aliphatic carbocycles. The topological polar surface area (TPSA) is 32.3 Å². The van der Waals surface area contributed by atoms with E-state index >= 15 is 0 Å². The van der Waals surface area contributed by atoms with E-state index in [1.807, 2.05) is 0 Å². The zero-order valence-electron chi connectivity index (χ0n) is 7.17. The zero-order chi connectivity index (χ0) is 10.6. The fraction of sp³-hybridized carbons (Fsp3) is 0.250. The van der Waals surface area contributed by atoms with Crippen molar-refractivity contribution in [2.24, 2.45) is 0 Å². The average Bonchev–Trinajstić information content (AvgIpc) is 2.14. The second-order valence-corrected chi connectivity index (χ2v) is 2.70. The van der Waals surface area contributed by atoms with Crippen molar-refractivity contribution in [1.29, 1.82) is 0 Å². The van der Waals surface area contributed by atoms with Crippen molar-refractivity contribution in [2.75, 3.05) is 0 Å². The van der Waals surface area contributed by atoms with Gasteiger partial charge in [-0.05, 0) is 17.7 Å². The van der Waals surface area contributed by atoms with Gasteiger partial charge in [0, 0.05) is 6.54 Å². The maximum atomic E-state index is 12.1. The Hall–Kier alpha value is -1.01. The molecule has 0 unspecified atom stereocenters. The molecule has 0 aliphatic rings. The Morgan fingerprint density at radius 2 is 1.79 bits per heavy atom. The molecule has 1 aromatic carbocycles. The highest BCUT2D eigenvalue weighted by molar-refractivity contribution is 6.21. The lowest BCUT2D eigenvalue weighted by molar-refractivity contribution is -0.137. The first-order valence-corrected chi connectivity index (χ1v) is 3.89. The van der Waals surface area contributed by atoms with E-state index in [1.54, 1.807) is 0 Å². The molecule has 0 fully saturated rings. The number of nitrogens with one attached hydrogen (secondary N) is 1. The summed E-state index contributed by atoms with van der Waals surface area (Å²) in [7, 11) is 0.748. The van der Waals surface area contributed by atoms with Gasteiger partial charge in [-0.1, -0.05) is 12.1 Å². The summed E-state index contributed by atoms with van der Waals surface area (Å²) in [5, 5.41) is 10.8. The number of alkyl halides is 3. The standard InChI is InChI=1S/C8H8BF3NO/c10-8(11,12)7-3-1-6(2-4-7)5-13-9-14/h1-4,13-14H,5H2. The number of benzene rings is 1. The Morgan fingerprint density at radius 3 is 2.21 bits per heavy atom. The smallest absolute Gasteiger partial charge is 0.416 e. The summed E-state index contributed by atoms with van der Waals surface area (Å²) in [4.78, 5) is 0. The van der Waals surface area contributed by atoms with Crippen molar-refractivity contribution in [3.05, 3.63) is 35.4 Å². The molecule has 2 nitrogen and oxygen atoms in total. The molecule has 0 spiro atoms. The largest absolute Gasteiger partial charge is 0.440 e. The molecule has 0 saturated heterocycles. The summed E-state index contributed by atoms with van der Waals surface area (Å²) in [6.45, 7) is 0.300. The van der Waals surface area contributed by atoms with Gasteiger partial charge >= 0.3 is 13.8 Å². The summed E-state index contributed by atoms with van der Waals surface area (Å²) < 4.78 is 36.3. The maximum absolute atomic E-state index is 12.1. The van der Waals surface area contributed by atoms with Crippen LogP contribution in [0.4, 0.5) is 13.2 Å². The minimum atomic E-state index is -4.30. The van der Waals surface area contributed by atoms with E-state index in [0.29, 0.717) is 12.1 Å². The molecule has 2 N–H and O–H groups in total. The van der Waals surface area contributed by atoms with Crippen molar-refractivity contribution in [3.63, 3.8) is 0 Å². The molecule has 0 heterocycles. The number of halogens is 3. The Kier molecular flexibility index (Phi) is 3.54. The van der Waals surface area contributed by atoms with E-state index in [1.165, 1.54) is 12.1 Å². The quantitative estimate of drug-likeness (QED) is 0.724. The van der Waals surface area contributed by atoms with Crippen molar-refractivity contribution >= 4 is 7.62 Å². The molecule has 0 aliphatic heterocycles. The van der Waals surface area contributed by atoms with E-state index < -0.39 is 11.7 Å². The Labute approximate surface area is 80.0 Å². The van der Waals surface area contributed by atoms with Crippen molar-refractivity contribution in [3.8, 4) is 0 Å². The molecular weight excluding hydrogens is 194 g/mol. The molecule has 0 amide bonds. The number of hydrogen-bond acceptors (Lipinski definition) is 2. The van der Waals surface area contributed by atoms with Gasteiger partial charge < -0.3 is 10.3 Å². The fourth-order valence-electron chi connectivity index (χ4n) is 0.975. The first-order valence-electron chi connectivity index (χ1n) is 3.89. The molecule has 0 atom stereocenters. The van der Waals surface area contributed by atoms with Gasteiger partial charge in [0.25, 0.3) is 0 Å². The Bertz CT molecular complexity index is 286. The third kappa shape index (κ3) is 3.04. The summed E-state index contributed by atoms with van der Waals surface area (Å²) in [6.07, 6.45) is -4.30. The minimum Gasteiger partial charge on any atom is -0.440 e. The van der Waals surface area contributed by atoms with E-state index in [0.717, 1.165) is 19.7 Å². The van der Waals surface area contributed by atoms with Crippen LogP contribution in [0.15, 0.2) is 24.3 Å². The normalized spacial score (nSPS) is 11.4. The van der Waals surface area contributed by atoms with Crippen molar-refractivity contribution < 1.29 is 18.2 Å². The average molecular weight is 202 g/mol. The molecule has 1 aromatic rings. The third-order valence-corrected chi connectivity index (χ3v) is 1.68. The van der Waals surface area contributed by atoms with Crippen LogP contribution in [-0.4, -0.2) is 12.6 Å². The van der Waals surface area contributed by atoms with Crippen LogP contribution in [0.25, 0.3) is 0 Å². The van der Waals surface area contributed by atoms with E-state index in [4.69, 9.17) is 5.02 Å². The Morgan fingerprint density at radius 1 is 1.21 bits per heavy atom. The van der Waals surface area contributed by atoms with Gasteiger partial charge in [0.15, 0.2) is 0 Å². The molecule has 14 heavy (non-hydrogen) atoms. The summed E-state index contributed by atoms with van der Waals surface area (Å²) in [5.74, 6) is 0. The minimum absolute atomic E-state index is 0.300. The fourth-order valence-corrected chi connectivity index (χ4v) is 0.975. The molecular formula is C8H8BF3NO. The van der Waals surface area contributed by atoms with Gasteiger partial charge in [0.2, 0.25) is 0 Å². The van der Waals surface area contributed by atoms with Crippen LogP contribution in [0.5, 0.6) is 0 Å². The summed E-state index contributed by atoms with van der Waals surface area (Å²) in [5.41, 5.74) is -0.00229. The third-order valence-electron chi connectivity index (χ3n) is 1.68. The highest BCUT2D eigenvalue weighted by Crippen LogP contribution is 2.28. The predicted octanol–water partition coefficient (Wildman–Crippen LogP) is 1.32. The van der Waals surface area contributed by atoms with Crippen LogP contribution in [0.1, 0.15) is 11.1 Å². The number of hydrogen-bond donors (Lipinski definition) is 2.